The second-order valence-corrected chi connectivity index (χ2v) is 10.9. The quantitative estimate of drug-likeness (QED) is 0.225. The van der Waals surface area contributed by atoms with E-state index in [1.165, 1.54) is 12.1 Å². The fraction of sp³-hybridized carbons (Fsp3) is 0.200. The Morgan fingerprint density at radius 1 is 0.692 bits per heavy atom. The molecule has 3 aromatic carbocycles. The lowest BCUT2D eigenvalue weighted by molar-refractivity contribution is 0.0875. The number of benzene rings is 3. The molecule has 0 fully saturated rings. The number of allylic oxidation sites excluding steroid dienone is 5. The van der Waals surface area contributed by atoms with Crippen LogP contribution in [0.15, 0.2) is 58.5 Å². The van der Waals surface area contributed by atoms with Gasteiger partial charge in [-0.15, -0.1) is 0 Å². The van der Waals surface area contributed by atoms with E-state index >= 15 is 0 Å². The maximum absolute atomic E-state index is 14.0. The van der Waals surface area contributed by atoms with Crippen LogP contribution in [0.2, 0.25) is 0 Å². The predicted molar refractivity (Wildman–Crippen MR) is 137 cm³/mol. The number of fused-ring (bicyclic) bond motifs is 2. The van der Waals surface area contributed by atoms with Gasteiger partial charge in [0.15, 0.2) is 11.6 Å². The first-order valence-corrected chi connectivity index (χ1v) is 12.5. The molecule has 0 bridgehead atoms. The van der Waals surface area contributed by atoms with Crippen molar-refractivity contribution in [3.8, 4) is 11.5 Å². The molecule has 4 atom stereocenters. The van der Waals surface area contributed by atoms with Gasteiger partial charge >= 0.3 is 0 Å². The summed E-state index contributed by atoms with van der Waals surface area (Å²) >= 11 is 0. The number of ketones is 2. The van der Waals surface area contributed by atoms with Crippen molar-refractivity contribution < 1.29 is 45.3 Å². The molecule has 8 rings (SSSR count). The molecule has 0 radical (unpaired) electrons. The molecule has 5 aliphatic carbocycles. The van der Waals surface area contributed by atoms with E-state index in [1.54, 1.807) is 6.92 Å². The fourth-order valence-electron chi connectivity index (χ4n) is 7.97. The van der Waals surface area contributed by atoms with Crippen LogP contribution in [0.1, 0.15) is 54.8 Å². The smallest absolute Gasteiger partial charge is 0.197 e. The zero-order valence-corrected chi connectivity index (χ0v) is 20.3. The van der Waals surface area contributed by atoms with Crippen LogP contribution < -0.4 is 0 Å². The van der Waals surface area contributed by atoms with Crippen LogP contribution in [0.5, 0.6) is 11.5 Å². The molecule has 0 spiro atoms. The topological polar surface area (TPSA) is 176 Å². The van der Waals surface area contributed by atoms with E-state index in [1.807, 2.05) is 0 Å². The Bertz CT molecular complexity index is 1970. The first kappa shape index (κ1) is 22.2. The maximum Gasteiger partial charge on any atom is 0.197 e. The molecule has 39 heavy (non-hydrogen) atoms. The Balaban J connectivity index is 1.76. The zero-order chi connectivity index (χ0) is 27.4. The zero-order valence-electron chi connectivity index (χ0n) is 20.3. The minimum atomic E-state index is -1.22. The molecule has 0 saturated carbocycles. The number of Topliss-reactive ketones (excluding diaryl/α,β-unsaturated/α-hetero) is 2. The molecular formula is C30H20O9. The summed E-state index contributed by atoms with van der Waals surface area (Å²) in [6.45, 7) is 1.21. The minimum Gasteiger partial charge on any atom is -0.512 e. The highest BCUT2D eigenvalue weighted by molar-refractivity contribution is 6.31. The number of carbonyl (C=O) groups excluding carboxylic acids is 2. The second kappa shape index (κ2) is 6.62. The highest BCUT2D eigenvalue weighted by Crippen LogP contribution is 2.66. The lowest BCUT2D eigenvalue weighted by atomic mass is 9.52. The first-order chi connectivity index (χ1) is 18.6. The molecule has 0 aromatic heterocycles. The van der Waals surface area contributed by atoms with Crippen molar-refractivity contribution in [2.75, 3.05) is 0 Å². The normalized spacial score (nSPS) is 26.1. The lowest BCUT2D eigenvalue weighted by Crippen LogP contribution is -2.43. The van der Waals surface area contributed by atoms with Gasteiger partial charge < -0.3 is 35.7 Å². The SMILES string of the molecule is Cc1cc(O)c2c3c4c5c6c(c(O)cc(CO)c6c13)C(=O)C1=C(O)C=C(O)C(C3=C(O)C=C(O)C(C2=O)C34)C15. The van der Waals surface area contributed by atoms with Crippen molar-refractivity contribution in [2.45, 2.75) is 25.4 Å². The third-order valence-corrected chi connectivity index (χ3v) is 9.19. The van der Waals surface area contributed by atoms with Crippen molar-refractivity contribution in [1.29, 1.82) is 0 Å². The molecular weight excluding hydrogens is 504 g/mol. The third kappa shape index (κ3) is 2.21. The van der Waals surface area contributed by atoms with Gasteiger partial charge in [-0.2, -0.15) is 0 Å². The highest BCUT2D eigenvalue weighted by Gasteiger charge is 2.58. The van der Waals surface area contributed by atoms with Crippen molar-refractivity contribution in [3.05, 3.63) is 91.8 Å². The summed E-state index contributed by atoms with van der Waals surface area (Å²) in [5.74, 6) is -7.77. The Morgan fingerprint density at radius 3 is 2.03 bits per heavy atom. The van der Waals surface area contributed by atoms with Crippen LogP contribution >= 0.6 is 0 Å². The summed E-state index contributed by atoms with van der Waals surface area (Å²) in [7, 11) is 0. The van der Waals surface area contributed by atoms with Crippen LogP contribution in [0, 0.1) is 18.8 Å². The Kier molecular flexibility index (Phi) is 3.78. The van der Waals surface area contributed by atoms with E-state index in [-0.39, 0.29) is 45.1 Å². The summed E-state index contributed by atoms with van der Waals surface area (Å²) in [5, 5.41) is 78.2. The summed E-state index contributed by atoms with van der Waals surface area (Å²) in [4.78, 5) is 28.0. The predicted octanol–water partition coefficient (Wildman–Crippen LogP) is 4.55. The van der Waals surface area contributed by atoms with Crippen LogP contribution in [-0.4, -0.2) is 47.3 Å². The van der Waals surface area contributed by atoms with Crippen molar-refractivity contribution >= 4 is 33.1 Å². The molecule has 0 amide bonds. The number of aliphatic hydroxyl groups excluding tert-OH is 5. The number of rotatable bonds is 1. The van der Waals surface area contributed by atoms with Crippen LogP contribution in [-0.2, 0) is 6.61 Å². The molecule has 9 heteroatoms. The van der Waals surface area contributed by atoms with Gasteiger partial charge in [0.25, 0.3) is 0 Å². The molecule has 9 nitrogen and oxygen atoms in total. The molecule has 4 unspecified atom stereocenters. The van der Waals surface area contributed by atoms with Crippen LogP contribution in [0.3, 0.4) is 0 Å². The van der Waals surface area contributed by atoms with Gasteiger partial charge in [-0.25, -0.2) is 0 Å². The highest BCUT2D eigenvalue weighted by atomic mass is 16.3. The van der Waals surface area contributed by atoms with Gasteiger partial charge in [-0.05, 0) is 57.7 Å². The van der Waals surface area contributed by atoms with Gasteiger partial charge in [0.1, 0.15) is 34.5 Å². The van der Waals surface area contributed by atoms with Crippen molar-refractivity contribution in [2.24, 2.45) is 11.8 Å². The summed E-state index contributed by atoms with van der Waals surface area (Å²) in [6, 6.07) is 2.70. The van der Waals surface area contributed by atoms with E-state index in [0.717, 1.165) is 12.2 Å². The van der Waals surface area contributed by atoms with E-state index < -0.39 is 59.1 Å². The summed E-state index contributed by atoms with van der Waals surface area (Å²) in [5.41, 5.74) is 1.73. The van der Waals surface area contributed by atoms with E-state index in [9.17, 15) is 45.3 Å². The number of phenolic OH excluding ortho intramolecular Hbond substituents is 2. The second-order valence-electron chi connectivity index (χ2n) is 10.9. The van der Waals surface area contributed by atoms with Gasteiger partial charge in [0, 0.05) is 34.8 Å². The fourth-order valence-corrected chi connectivity index (χ4v) is 7.97. The average Bonchev–Trinajstić information content (AvgIpc) is 2.86. The lowest BCUT2D eigenvalue weighted by Gasteiger charge is -2.50. The number of aryl methyl sites for hydroxylation is 1. The van der Waals surface area contributed by atoms with Gasteiger partial charge in [0.05, 0.1) is 35.1 Å². The third-order valence-electron chi connectivity index (χ3n) is 9.19. The van der Waals surface area contributed by atoms with E-state index in [0.29, 0.717) is 38.2 Å². The van der Waals surface area contributed by atoms with Crippen molar-refractivity contribution in [1.82, 2.24) is 0 Å². The summed E-state index contributed by atoms with van der Waals surface area (Å²) < 4.78 is 0. The number of phenols is 2. The Labute approximate surface area is 219 Å². The van der Waals surface area contributed by atoms with Gasteiger partial charge in [-0.3, -0.25) is 9.59 Å². The van der Waals surface area contributed by atoms with Gasteiger partial charge in [0.2, 0.25) is 0 Å². The molecule has 0 heterocycles. The maximum atomic E-state index is 14.0. The Morgan fingerprint density at radius 2 is 1.31 bits per heavy atom. The molecule has 7 N–H and O–H groups in total. The Hall–Kier alpha value is -4.76. The largest absolute Gasteiger partial charge is 0.512 e. The van der Waals surface area contributed by atoms with E-state index in [4.69, 9.17) is 0 Å². The average molecular weight is 524 g/mol. The molecule has 0 aliphatic heterocycles. The monoisotopic (exact) mass is 524 g/mol. The number of hydrogen-bond acceptors (Lipinski definition) is 9. The number of carbonyl (C=O) groups is 2. The molecule has 0 saturated heterocycles. The standard InChI is InChI=1S/C30H20O9/c1-7-2-9(32)19-23-15(7)16-8(6-31)3-10(33)20-24(16)28-26-18(12(35)5-14(37)22(26)30(20)39)17-11(34)4-13(36)21(29(19)38)25(17)27(23)28/h2-5,18,21,25-26,31-37H,6H2,1H3. The van der Waals surface area contributed by atoms with Gasteiger partial charge in [-0.1, -0.05) is 0 Å². The number of hydrogen-bond donors (Lipinski definition) is 7. The van der Waals surface area contributed by atoms with Crippen LogP contribution in [0.4, 0.5) is 0 Å². The minimum absolute atomic E-state index is 0.0371. The number of aliphatic hydroxyl groups is 5. The molecule has 5 aliphatic rings. The van der Waals surface area contributed by atoms with E-state index in [2.05, 4.69) is 0 Å². The molecule has 3 aromatic rings. The number of aromatic hydroxyl groups is 2. The summed E-state index contributed by atoms with van der Waals surface area (Å²) in [6.07, 6.45) is 2.08. The first-order valence-electron chi connectivity index (χ1n) is 12.5. The molecule has 194 valence electrons. The van der Waals surface area contributed by atoms with Crippen molar-refractivity contribution in [3.63, 3.8) is 0 Å². The van der Waals surface area contributed by atoms with Crippen LogP contribution in [0.25, 0.3) is 21.5 Å².